The first-order valence-corrected chi connectivity index (χ1v) is 30.8. The van der Waals surface area contributed by atoms with E-state index >= 15 is 0 Å². The lowest BCUT2D eigenvalue weighted by molar-refractivity contribution is -0.142. The number of benzene rings is 2. The SMILES string of the molecule is CC=C1C[C@H]2C=Nc3cc(OCc4cc(OCCN5CCN(C(=O)CCC(C)(C)SCC(=O)NCCOCCOCCOCCOCCC(=O)OC)CC5)cc(COc5cc6c(cc5OC)C(=O)N5CC(=CC)C[C@H]5C=N6)n4)c(OC)cc3C(=O)N2C1. The predicted octanol–water partition coefficient (Wildman–Crippen LogP) is 6.57. The first-order valence-electron chi connectivity index (χ1n) is 29.8. The Kier molecular flexibility index (Phi) is 24.8. The molecule has 8 rings (SSSR count). The second-order valence-electron chi connectivity index (χ2n) is 22.0. The summed E-state index contributed by atoms with van der Waals surface area (Å²) in [4.78, 5) is 87.0. The normalized spacial score (nSPS) is 18.3. The standard InChI is InChI=1S/C63H84N8O15S/c1-8-43-28-47-36-65-52-34-56(54(77-5)32-50(52)61(75)70(47)38-43)85-40-45-30-49(31-46(67-45)41-86-57-35-53-51(33-55(57)78-6)62(76)71-39-44(9-2)29-48(71)37-66-53)84-21-18-68-14-16-69(17-15-68)59(73)10-12-63(3,4)87-42-58(72)64-13-20-81-23-25-83-27-26-82-24-22-80-19-11-60(74)79-7/h8-9,30-37,47-48H,10-29,38-42H2,1-7H3,(H,64,72)/t47-,48-/m0/s1. The molecule has 87 heavy (non-hydrogen) atoms. The highest BCUT2D eigenvalue weighted by Gasteiger charge is 2.36. The molecule has 5 aliphatic rings. The van der Waals surface area contributed by atoms with Crippen molar-refractivity contribution in [2.24, 2.45) is 9.98 Å². The quantitative estimate of drug-likeness (QED) is 0.0385. The molecule has 472 valence electrons. The number of aliphatic imine (C=N–C) groups is 2. The topological polar surface area (TPSA) is 240 Å². The van der Waals surface area contributed by atoms with Crippen LogP contribution in [0.25, 0.3) is 0 Å². The van der Waals surface area contributed by atoms with Crippen LogP contribution in [0.4, 0.5) is 11.4 Å². The van der Waals surface area contributed by atoms with Crippen molar-refractivity contribution in [3.8, 4) is 28.7 Å². The molecule has 1 N–H and O–H groups in total. The number of carbonyl (C=O) groups excluding carboxylic acids is 5. The zero-order valence-electron chi connectivity index (χ0n) is 51.3. The molecule has 2 aromatic carbocycles. The summed E-state index contributed by atoms with van der Waals surface area (Å²) < 4.78 is 56.9. The largest absolute Gasteiger partial charge is 0.493 e. The van der Waals surface area contributed by atoms with Crippen LogP contribution in [-0.2, 0) is 51.3 Å². The molecule has 23 nitrogen and oxygen atoms in total. The monoisotopic (exact) mass is 1220 g/mol. The van der Waals surface area contributed by atoms with Gasteiger partial charge < -0.3 is 67.4 Å². The number of aromatic nitrogens is 1. The van der Waals surface area contributed by atoms with E-state index in [0.717, 1.165) is 12.8 Å². The van der Waals surface area contributed by atoms with E-state index in [1.54, 1.807) is 24.3 Å². The summed E-state index contributed by atoms with van der Waals surface area (Å²) >= 11 is 1.53. The van der Waals surface area contributed by atoms with Crippen molar-refractivity contribution in [3.05, 3.63) is 82.2 Å². The molecule has 3 aromatic rings. The minimum atomic E-state index is -0.311. The number of amides is 4. The van der Waals surface area contributed by atoms with Gasteiger partial charge in [0.1, 0.15) is 25.6 Å². The van der Waals surface area contributed by atoms with Crippen molar-refractivity contribution in [2.75, 3.05) is 139 Å². The van der Waals surface area contributed by atoms with Crippen LogP contribution < -0.4 is 29.0 Å². The smallest absolute Gasteiger partial charge is 0.307 e. The fourth-order valence-electron chi connectivity index (χ4n) is 10.4. The first kappa shape index (κ1) is 65.9. The first-order chi connectivity index (χ1) is 42.2. The fraction of sp³-hybridized carbons (Fsp3) is 0.556. The third kappa shape index (κ3) is 19.0. The van der Waals surface area contributed by atoms with Crippen molar-refractivity contribution in [2.45, 2.75) is 89.8 Å². The van der Waals surface area contributed by atoms with Gasteiger partial charge in [0.15, 0.2) is 23.0 Å². The molecule has 1 aromatic heterocycles. The molecule has 0 aliphatic carbocycles. The maximum atomic E-state index is 13.8. The Labute approximate surface area is 514 Å². The van der Waals surface area contributed by atoms with Gasteiger partial charge in [-0.1, -0.05) is 37.1 Å². The van der Waals surface area contributed by atoms with Crippen LogP contribution in [0.1, 0.15) is 91.9 Å². The molecule has 4 amide bonds. The molecule has 6 heterocycles. The average Bonchev–Trinajstić information content (AvgIpc) is 1.99. The molecule has 2 atom stereocenters. The molecular formula is C63H84N8O15S. The van der Waals surface area contributed by atoms with Crippen molar-refractivity contribution in [3.63, 3.8) is 0 Å². The zero-order valence-corrected chi connectivity index (χ0v) is 52.1. The summed E-state index contributed by atoms with van der Waals surface area (Å²) in [5.41, 5.74) is 5.32. The lowest BCUT2D eigenvalue weighted by Gasteiger charge is -2.35. The number of pyridine rings is 1. The summed E-state index contributed by atoms with van der Waals surface area (Å²) in [7, 11) is 4.41. The van der Waals surface area contributed by atoms with Crippen LogP contribution in [-0.4, -0.2) is 222 Å². The third-order valence-electron chi connectivity index (χ3n) is 15.6. The Balaban J connectivity index is 0.793. The summed E-state index contributed by atoms with van der Waals surface area (Å²) in [6.45, 7) is 16.2. The summed E-state index contributed by atoms with van der Waals surface area (Å²) in [5.74, 6) is 1.83. The van der Waals surface area contributed by atoms with Gasteiger partial charge in [-0.15, -0.1) is 11.8 Å². The average molecular weight is 1230 g/mol. The number of hydrogen-bond acceptors (Lipinski definition) is 20. The van der Waals surface area contributed by atoms with Crippen LogP contribution in [0.5, 0.6) is 28.7 Å². The molecule has 3 fully saturated rings. The van der Waals surface area contributed by atoms with E-state index < -0.39 is 0 Å². The van der Waals surface area contributed by atoms with Gasteiger partial charge in [0.2, 0.25) is 11.8 Å². The van der Waals surface area contributed by atoms with Crippen LogP contribution in [0.3, 0.4) is 0 Å². The van der Waals surface area contributed by atoms with Gasteiger partial charge in [-0.2, -0.15) is 0 Å². The number of ether oxygens (including phenoxy) is 10. The molecule has 0 bridgehead atoms. The number of carbonyl (C=O) groups is 5. The summed E-state index contributed by atoms with van der Waals surface area (Å²) in [6.07, 6.45) is 10.5. The lowest BCUT2D eigenvalue weighted by atomic mass is 10.1. The van der Waals surface area contributed by atoms with Gasteiger partial charge in [0.25, 0.3) is 11.8 Å². The molecule has 0 spiro atoms. The zero-order chi connectivity index (χ0) is 61.7. The van der Waals surface area contributed by atoms with Crippen LogP contribution >= 0.6 is 11.8 Å². The number of esters is 1. The molecule has 3 saturated heterocycles. The second-order valence-corrected chi connectivity index (χ2v) is 23.7. The number of methoxy groups -OCH3 is 3. The second kappa shape index (κ2) is 32.8. The van der Waals surface area contributed by atoms with E-state index in [4.69, 9.17) is 57.6 Å². The van der Waals surface area contributed by atoms with Crippen molar-refractivity contribution < 1.29 is 71.3 Å². The highest BCUT2D eigenvalue weighted by Crippen LogP contribution is 2.41. The maximum Gasteiger partial charge on any atom is 0.307 e. The van der Waals surface area contributed by atoms with E-state index in [2.05, 4.69) is 41.0 Å². The molecule has 24 heteroatoms. The van der Waals surface area contributed by atoms with Crippen molar-refractivity contribution in [1.29, 1.82) is 0 Å². The Bertz CT molecular complexity index is 2860. The van der Waals surface area contributed by atoms with Gasteiger partial charge in [0, 0.05) is 100 Å². The Morgan fingerprint density at radius 2 is 1.16 bits per heavy atom. The number of nitrogens with zero attached hydrogens (tertiary/aromatic N) is 7. The Morgan fingerprint density at radius 1 is 0.644 bits per heavy atom. The number of fused-ring (bicyclic) bond motifs is 4. The number of rotatable bonds is 33. The van der Waals surface area contributed by atoms with Gasteiger partial charge in [0.05, 0.1) is 132 Å². The highest BCUT2D eigenvalue weighted by atomic mass is 32.2. The minimum Gasteiger partial charge on any atom is -0.493 e. The van der Waals surface area contributed by atoms with E-state index in [1.807, 2.05) is 53.1 Å². The van der Waals surface area contributed by atoms with Crippen molar-refractivity contribution in [1.82, 2.24) is 29.9 Å². The Morgan fingerprint density at radius 3 is 1.67 bits per heavy atom. The number of allylic oxidation sites excluding steroid dienone is 2. The Hall–Kier alpha value is -7.09. The van der Waals surface area contributed by atoms with E-state index in [0.29, 0.717) is 187 Å². The fourth-order valence-corrected chi connectivity index (χ4v) is 11.3. The lowest BCUT2D eigenvalue weighted by Crippen LogP contribution is -2.49. The number of nitrogens with one attached hydrogen (secondary N) is 1. The maximum absolute atomic E-state index is 13.8. The highest BCUT2D eigenvalue weighted by molar-refractivity contribution is 8.01. The summed E-state index contributed by atoms with van der Waals surface area (Å²) in [6, 6.07) is 10.2. The third-order valence-corrected chi connectivity index (χ3v) is 17.0. The molecule has 0 unspecified atom stereocenters. The molecule has 0 radical (unpaired) electrons. The summed E-state index contributed by atoms with van der Waals surface area (Å²) in [5, 5.41) is 2.90. The van der Waals surface area contributed by atoms with Gasteiger partial charge in [-0.05, 0) is 45.2 Å². The minimum absolute atomic E-state index is 0.0123. The van der Waals surface area contributed by atoms with E-state index in [-0.39, 0.29) is 71.8 Å². The van der Waals surface area contributed by atoms with E-state index in [1.165, 1.54) is 44.2 Å². The van der Waals surface area contributed by atoms with Gasteiger partial charge in [-0.3, -0.25) is 43.8 Å². The van der Waals surface area contributed by atoms with Crippen LogP contribution in [0.2, 0.25) is 0 Å². The predicted molar refractivity (Wildman–Crippen MR) is 329 cm³/mol. The number of thioether (sulfide) groups is 1. The van der Waals surface area contributed by atoms with Gasteiger partial charge in [-0.25, -0.2) is 0 Å². The molecular weight excluding hydrogens is 1140 g/mol. The van der Waals surface area contributed by atoms with Gasteiger partial charge >= 0.3 is 5.97 Å². The van der Waals surface area contributed by atoms with E-state index in [9.17, 15) is 24.0 Å². The number of hydrogen-bond donors (Lipinski definition) is 1. The van der Waals surface area contributed by atoms with Crippen LogP contribution in [0.15, 0.2) is 69.7 Å². The van der Waals surface area contributed by atoms with Crippen LogP contribution in [0, 0.1) is 0 Å². The van der Waals surface area contributed by atoms with Crippen molar-refractivity contribution >= 4 is 65.2 Å². The molecule has 5 aliphatic heterocycles. The number of piperazine rings is 1. The molecule has 0 saturated carbocycles.